The monoisotopic (exact) mass is 686 g/mol. The summed E-state index contributed by atoms with van der Waals surface area (Å²) >= 11 is 0. The summed E-state index contributed by atoms with van der Waals surface area (Å²) in [5.41, 5.74) is 16.3. The standard InChI is InChI=1S/C50H30N4/c1-2-14-31(15-3-1)52-43-22-10-5-17-35(43)37-30-48-38(29-47(37)52)36-18-6-11-23-44(36)53(48)32-26-27-34-33-16-4-7-19-39(33)50(41(34)28-32)40-20-8-12-24-45(40)54-46-25-13-9-21-42(46)51-49(50)54/h1-30H. The van der Waals surface area contributed by atoms with E-state index < -0.39 is 5.41 Å². The molecule has 0 radical (unpaired) electrons. The van der Waals surface area contributed by atoms with Crippen molar-refractivity contribution in [1.29, 1.82) is 0 Å². The van der Waals surface area contributed by atoms with Crippen LogP contribution in [0.3, 0.4) is 0 Å². The predicted octanol–water partition coefficient (Wildman–Crippen LogP) is 11.9. The third-order valence-electron chi connectivity index (χ3n) is 12.2. The molecule has 0 bridgehead atoms. The van der Waals surface area contributed by atoms with E-state index in [1.165, 1.54) is 77.1 Å². The van der Waals surface area contributed by atoms with Crippen molar-refractivity contribution in [3.8, 4) is 28.2 Å². The van der Waals surface area contributed by atoms with E-state index in [-0.39, 0.29) is 0 Å². The third kappa shape index (κ3) is 3.33. The Morgan fingerprint density at radius 1 is 0.352 bits per heavy atom. The number of para-hydroxylation sites is 6. The van der Waals surface area contributed by atoms with Gasteiger partial charge in [-0.25, -0.2) is 4.98 Å². The molecule has 54 heavy (non-hydrogen) atoms. The Balaban J connectivity index is 1.14. The molecule has 4 heteroatoms. The maximum Gasteiger partial charge on any atom is 0.134 e. The smallest absolute Gasteiger partial charge is 0.134 e. The van der Waals surface area contributed by atoms with E-state index in [1.54, 1.807) is 0 Å². The maximum absolute atomic E-state index is 5.48. The number of fused-ring (bicyclic) bond motifs is 18. The van der Waals surface area contributed by atoms with Gasteiger partial charge in [0.25, 0.3) is 0 Å². The van der Waals surface area contributed by atoms with Gasteiger partial charge in [0, 0.05) is 32.9 Å². The van der Waals surface area contributed by atoms with Crippen LogP contribution in [-0.2, 0) is 5.41 Å². The highest BCUT2D eigenvalue weighted by molar-refractivity contribution is 6.19. The van der Waals surface area contributed by atoms with E-state index in [0.717, 1.165) is 28.2 Å². The Morgan fingerprint density at radius 3 is 1.69 bits per heavy atom. The van der Waals surface area contributed by atoms with Crippen LogP contribution in [0.5, 0.6) is 0 Å². The summed E-state index contributed by atoms with van der Waals surface area (Å²) in [5, 5.41) is 4.98. The molecule has 11 aromatic rings. The highest BCUT2D eigenvalue weighted by Crippen LogP contribution is 2.60. The van der Waals surface area contributed by atoms with Gasteiger partial charge in [0.15, 0.2) is 0 Å². The molecule has 250 valence electrons. The zero-order valence-corrected chi connectivity index (χ0v) is 29.1. The molecule has 2 aliphatic rings. The van der Waals surface area contributed by atoms with Gasteiger partial charge >= 0.3 is 0 Å². The Bertz CT molecular complexity index is 3400. The van der Waals surface area contributed by atoms with Gasteiger partial charge in [-0.3, -0.25) is 4.57 Å². The second-order valence-electron chi connectivity index (χ2n) is 14.7. The van der Waals surface area contributed by atoms with Crippen LogP contribution in [0.2, 0.25) is 0 Å². The fourth-order valence-corrected chi connectivity index (χ4v) is 10.1. The summed E-state index contributed by atoms with van der Waals surface area (Å²) in [4.78, 5) is 5.48. The molecule has 4 nitrogen and oxygen atoms in total. The largest absolute Gasteiger partial charge is 0.309 e. The van der Waals surface area contributed by atoms with Crippen molar-refractivity contribution in [2.24, 2.45) is 0 Å². The van der Waals surface area contributed by atoms with Crippen molar-refractivity contribution in [3.05, 3.63) is 205 Å². The average molecular weight is 687 g/mol. The van der Waals surface area contributed by atoms with Gasteiger partial charge in [-0.2, -0.15) is 0 Å². The second kappa shape index (κ2) is 10.0. The molecular weight excluding hydrogens is 657 g/mol. The molecule has 1 aliphatic heterocycles. The summed E-state index contributed by atoms with van der Waals surface area (Å²) in [6.07, 6.45) is 0. The summed E-state index contributed by atoms with van der Waals surface area (Å²) < 4.78 is 7.30. The Kier molecular flexibility index (Phi) is 5.28. The number of nitrogens with zero attached hydrogens (tertiary/aromatic N) is 4. The minimum Gasteiger partial charge on any atom is -0.309 e. The summed E-state index contributed by atoms with van der Waals surface area (Å²) in [6, 6.07) is 66.8. The van der Waals surface area contributed by atoms with Crippen LogP contribution in [0.4, 0.5) is 0 Å². The molecule has 1 aliphatic carbocycles. The Morgan fingerprint density at radius 2 is 0.926 bits per heavy atom. The van der Waals surface area contributed by atoms with Crippen LogP contribution in [0, 0.1) is 0 Å². The molecule has 1 atom stereocenters. The SMILES string of the molecule is c1ccc(-n2c3ccccc3c3cc4c(cc32)c2ccccc2n4-c2ccc3c(c2)C2(c4ccccc4-3)c3ccccc3-n3c2nc2ccccc23)cc1. The zero-order chi connectivity index (χ0) is 35.1. The van der Waals surface area contributed by atoms with Gasteiger partial charge in [-0.15, -0.1) is 0 Å². The average Bonchev–Trinajstić information content (AvgIpc) is 4.00. The summed E-state index contributed by atoms with van der Waals surface area (Å²) in [6.45, 7) is 0. The fourth-order valence-electron chi connectivity index (χ4n) is 10.1. The van der Waals surface area contributed by atoms with Crippen LogP contribution in [0.1, 0.15) is 22.5 Å². The molecule has 1 unspecified atom stereocenters. The van der Waals surface area contributed by atoms with Crippen molar-refractivity contribution in [2.75, 3.05) is 0 Å². The lowest BCUT2D eigenvalue weighted by atomic mass is 9.73. The maximum atomic E-state index is 5.48. The van der Waals surface area contributed by atoms with E-state index in [2.05, 4.69) is 196 Å². The van der Waals surface area contributed by atoms with Crippen molar-refractivity contribution in [1.82, 2.24) is 18.7 Å². The first-order chi connectivity index (χ1) is 26.8. The van der Waals surface area contributed by atoms with E-state index in [9.17, 15) is 0 Å². The molecule has 1 spiro atoms. The Labute approximate surface area is 310 Å². The van der Waals surface area contributed by atoms with Gasteiger partial charge in [-0.1, -0.05) is 115 Å². The predicted molar refractivity (Wildman–Crippen MR) is 221 cm³/mol. The van der Waals surface area contributed by atoms with E-state index >= 15 is 0 Å². The lowest BCUT2D eigenvalue weighted by Gasteiger charge is -2.27. The van der Waals surface area contributed by atoms with Crippen molar-refractivity contribution in [3.63, 3.8) is 0 Å². The van der Waals surface area contributed by atoms with Crippen LogP contribution in [0.15, 0.2) is 182 Å². The van der Waals surface area contributed by atoms with Crippen LogP contribution in [-0.4, -0.2) is 18.7 Å². The van der Waals surface area contributed by atoms with Gasteiger partial charge in [-0.05, 0) is 94.5 Å². The van der Waals surface area contributed by atoms with Gasteiger partial charge in [0.05, 0.1) is 38.8 Å². The number of benzene rings is 8. The summed E-state index contributed by atoms with van der Waals surface area (Å²) in [5.74, 6) is 1.06. The van der Waals surface area contributed by atoms with Gasteiger partial charge in [0.2, 0.25) is 0 Å². The molecule has 0 saturated heterocycles. The van der Waals surface area contributed by atoms with Gasteiger partial charge in [0.1, 0.15) is 11.2 Å². The fraction of sp³-hybridized carbons (Fsp3) is 0.0200. The molecule has 8 aromatic carbocycles. The molecular formula is C50H30N4. The van der Waals surface area contributed by atoms with E-state index in [1.807, 2.05) is 0 Å². The number of imidazole rings is 1. The number of hydrogen-bond donors (Lipinski definition) is 0. The minimum absolute atomic E-state index is 0.563. The second-order valence-corrected chi connectivity index (χ2v) is 14.7. The minimum atomic E-state index is -0.563. The van der Waals surface area contributed by atoms with Gasteiger partial charge < -0.3 is 9.13 Å². The van der Waals surface area contributed by atoms with Crippen LogP contribution < -0.4 is 0 Å². The zero-order valence-electron chi connectivity index (χ0n) is 29.1. The van der Waals surface area contributed by atoms with Crippen molar-refractivity contribution < 1.29 is 0 Å². The van der Waals surface area contributed by atoms with Crippen molar-refractivity contribution >= 4 is 54.6 Å². The third-order valence-corrected chi connectivity index (χ3v) is 12.2. The molecule has 0 saturated carbocycles. The lowest BCUT2D eigenvalue weighted by Crippen LogP contribution is -2.27. The first-order valence-electron chi connectivity index (χ1n) is 18.6. The van der Waals surface area contributed by atoms with Crippen LogP contribution >= 0.6 is 0 Å². The quantitative estimate of drug-likeness (QED) is 0.178. The highest BCUT2D eigenvalue weighted by atomic mass is 15.1. The van der Waals surface area contributed by atoms with Crippen molar-refractivity contribution in [2.45, 2.75) is 5.41 Å². The number of aromatic nitrogens is 4. The summed E-state index contributed by atoms with van der Waals surface area (Å²) in [7, 11) is 0. The molecule has 4 heterocycles. The van der Waals surface area contributed by atoms with Crippen LogP contribution in [0.25, 0.3) is 82.8 Å². The lowest BCUT2D eigenvalue weighted by molar-refractivity contribution is 0.737. The first kappa shape index (κ1) is 28.4. The highest BCUT2D eigenvalue weighted by Gasteiger charge is 2.54. The molecule has 0 fully saturated rings. The number of rotatable bonds is 2. The van der Waals surface area contributed by atoms with E-state index in [4.69, 9.17) is 4.98 Å². The topological polar surface area (TPSA) is 27.7 Å². The molecule has 0 N–H and O–H groups in total. The molecule has 13 rings (SSSR count). The first-order valence-corrected chi connectivity index (χ1v) is 18.6. The normalized spacial score (nSPS) is 15.5. The van der Waals surface area contributed by atoms with E-state index in [0.29, 0.717) is 0 Å². The Hall–Kier alpha value is -7.17. The molecule has 0 amide bonds. The number of hydrogen-bond acceptors (Lipinski definition) is 1. The molecule has 3 aromatic heterocycles.